The van der Waals surface area contributed by atoms with Gasteiger partial charge >= 0.3 is 12.1 Å². The number of carbonyl (C=O) groups is 4. The highest BCUT2D eigenvalue weighted by atomic mass is 32.2. The molecule has 4 saturated heterocycles. The highest BCUT2D eigenvalue weighted by molar-refractivity contribution is 8.00. The van der Waals surface area contributed by atoms with Crippen molar-refractivity contribution in [2.45, 2.75) is 87.4 Å². The first kappa shape index (κ1) is 29.3. The zero-order valence-corrected chi connectivity index (χ0v) is 24.4. The Morgan fingerprint density at radius 2 is 1.88 bits per heavy atom. The van der Waals surface area contributed by atoms with Gasteiger partial charge in [0.1, 0.15) is 11.9 Å². The lowest BCUT2D eigenvalue weighted by Crippen LogP contribution is -2.57. The molecule has 0 radical (unpaired) electrons. The van der Waals surface area contributed by atoms with Crippen molar-refractivity contribution in [1.29, 1.82) is 0 Å². The quantitative estimate of drug-likeness (QED) is 0.261. The van der Waals surface area contributed by atoms with E-state index in [1.807, 2.05) is 25.1 Å². The number of ether oxygens (including phenoxy) is 2. The molecule has 0 spiro atoms. The standard InChI is InChI=1S/C28H40N6O6S/c1-16-6-7-22(39-2)20(10-16)32-28(38)40-19-11-17-4-3-5-18(12-19)34(17)15-30-25(36)13-29-24(35)9-8-23-26-21(14-41-23)31-27(37)33-26/h6-7,10,17-19,21,23,26H,3-5,8-9,11-15H2,1-2H3,(H,29,35)(H,30,36)(H,32,38)(H2,31,33,37)/t17?,18?,19?,21-,23-,26-/m1/s1. The van der Waals surface area contributed by atoms with Crippen LogP contribution in [0.25, 0.3) is 0 Å². The van der Waals surface area contributed by atoms with Crippen LogP contribution in [0.2, 0.25) is 0 Å². The van der Waals surface area contributed by atoms with Gasteiger partial charge in [0.05, 0.1) is 38.1 Å². The number of fused-ring (bicyclic) bond motifs is 3. The molecule has 2 unspecified atom stereocenters. The highest BCUT2D eigenvalue weighted by Crippen LogP contribution is 2.35. The van der Waals surface area contributed by atoms with Crippen molar-refractivity contribution in [1.82, 2.24) is 26.2 Å². The van der Waals surface area contributed by atoms with E-state index in [4.69, 9.17) is 9.47 Å². The predicted molar refractivity (Wildman–Crippen MR) is 155 cm³/mol. The van der Waals surface area contributed by atoms with Gasteiger partial charge in [-0.2, -0.15) is 11.8 Å². The van der Waals surface area contributed by atoms with Crippen LogP contribution in [0.4, 0.5) is 15.3 Å². The molecule has 5 atom stereocenters. The number of carbonyl (C=O) groups excluding carboxylic acids is 4. The zero-order chi connectivity index (χ0) is 28.9. The van der Waals surface area contributed by atoms with Crippen molar-refractivity contribution in [3.05, 3.63) is 23.8 Å². The number of hydrogen-bond acceptors (Lipinski definition) is 8. The van der Waals surface area contributed by atoms with Gasteiger partial charge in [-0.1, -0.05) is 12.5 Å². The Kier molecular flexibility index (Phi) is 9.43. The maximum absolute atomic E-state index is 12.7. The fraction of sp³-hybridized carbons (Fsp3) is 0.643. The summed E-state index contributed by atoms with van der Waals surface area (Å²) in [6.07, 6.45) is 4.75. The molecule has 0 saturated carbocycles. The molecule has 0 aromatic heterocycles. The molecule has 5 amide bonds. The second kappa shape index (κ2) is 13.2. The van der Waals surface area contributed by atoms with E-state index in [-0.39, 0.29) is 59.9 Å². The number of hydrogen-bond donors (Lipinski definition) is 5. The largest absolute Gasteiger partial charge is 0.495 e. The average Bonchev–Trinajstić information content (AvgIpc) is 3.48. The van der Waals surface area contributed by atoms with Gasteiger partial charge in [0.2, 0.25) is 11.8 Å². The SMILES string of the molecule is COc1ccc(C)cc1NC(=O)OC1CC2CCCC(C1)N2CNC(=O)CNC(=O)CC[C@H]1SC[C@H]2NC(=O)N[C@H]21. The number of nitrogens with zero attached hydrogens (tertiary/aromatic N) is 1. The second-order valence-corrected chi connectivity index (χ2v) is 12.5. The van der Waals surface area contributed by atoms with Crippen LogP contribution in [0.1, 0.15) is 50.5 Å². The number of urea groups is 1. The van der Waals surface area contributed by atoms with Gasteiger partial charge < -0.3 is 30.7 Å². The van der Waals surface area contributed by atoms with E-state index in [0.717, 1.165) is 30.6 Å². The normalized spacial score (nSPS) is 28.6. The van der Waals surface area contributed by atoms with E-state index in [9.17, 15) is 19.2 Å². The minimum Gasteiger partial charge on any atom is -0.495 e. The van der Waals surface area contributed by atoms with Crippen LogP contribution >= 0.6 is 11.8 Å². The van der Waals surface area contributed by atoms with Crippen LogP contribution in [0.5, 0.6) is 5.75 Å². The molecule has 4 aliphatic heterocycles. The van der Waals surface area contributed by atoms with E-state index in [0.29, 0.717) is 43.8 Å². The monoisotopic (exact) mass is 588 g/mol. The second-order valence-electron chi connectivity index (χ2n) is 11.3. The third-order valence-electron chi connectivity index (χ3n) is 8.45. The Morgan fingerprint density at radius 3 is 2.63 bits per heavy atom. The maximum Gasteiger partial charge on any atom is 0.412 e. The Bertz CT molecular complexity index is 1140. The summed E-state index contributed by atoms with van der Waals surface area (Å²) in [5.41, 5.74) is 1.58. The number of amides is 5. The summed E-state index contributed by atoms with van der Waals surface area (Å²) in [4.78, 5) is 51.4. The Morgan fingerprint density at radius 1 is 1.10 bits per heavy atom. The summed E-state index contributed by atoms with van der Waals surface area (Å²) >= 11 is 1.76. The number of thioether (sulfide) groups is 1. The molecule has 1 aromatic rings. The Hall–Kier alpha value is -3.19. The van der Waals surface area contributed by atoms with Crippen molar-refractivity contribution >= 4 is 41.4 Å². The van der Waals surface area contributed by atoms with Crippen LogP contribution in [0.3, 0.4) is 0 Å². The van der Waals surface area contributed by atoms with Crippen molar-refractivity contribution in [3.8, 4) is 5.75 Å². The van der Waals surface area contributed by atoms with Crippen molar-refractivity contribution in [2.75, 3.05) is 31.4 Å². The first-order valence-corrected chi connectivity index (χ1v) is 15.4. The topological polar surface area (TPSA) is 150 Å². The highest BCUT2D eigenvalue weighted by Gasteiger charge is 2.43. The number of aryl methyl sites for hydroxylation is 1. The number of anilines is 1. The summed E-state index contributed by atoms with van der Waals surface area (Å²) < 4.78 is 11.1. The van der Waals surface area contributed by atoms with Gasteiger partial charge in [0, 0.05) is 42.3 Å². The minimum atomic E-state index is -0.495. The molecule has 224 valence electrons. The van der Waals surface area contributed by atoms with Gasteiger partial charge in [-0.25, -0.2) is 9.59 Å². The maximum atomic E-state index is 12.7. The predicted octanol–water partition coefficient (Wildman–Crippen LogP) is 2.07. The third-order valence-corrected chi connectivity index (χ3v) is 9.96. The number of benzene rings is 1. The molecule has 5 N–H and O–H groups in total. The van der Waals surface area contributed by atoms with Crippen LogP contribution in [0, 0.1) is 6.92 Å². The molecule has 4 heterocycles. The lowest BCUT2D eigenvalue weighted by Gasteiger charge is -2.48. The lowest BCUT2D eigenvalue weighted by atomic mass is 9.83. The molecular formula is C28H40N6O6S. The fourth-order valence-electron chi connectivity index (χ4n) is 6.42. The first-order valence-electron chi connectivity index (χ1n) is 14.4. The van der Waals surface area contributed by atoms with E-state index in [1.54, 1.807) is 18.9 Å². The summed E-state index contributed by atoms with van der Waals surface area (Å²) in [7, 11) is 1.56. The van der Waals surface area contributed by atoms with Gasteiger partial charge in [0.25, 0.3) is 0 Å². The number of nitrogens with one attached hydrogen (secondary N) is 5. The molecule has 4 fully saturated rings. The zero-order valence-electron chi connectivity index (χ0n) is 23.6. The van der Waals surface area contributed by atoms with E-state index < -0.39 is 6.09 Å². The summed E-state index contributed by atoms with van der Waals surface area (Å²) in [5.74, 6) is 1.02. The van der Waals surface area contributed by atoms with Gasteiger partial charge in [-0.05, 0) is 43.9 Å². The Balaban J connectivity index is 1.02. The van der Waals surface area contributed by atoms with Crippen LogP contribution in [-0.2, 0) is 14.3 Å². The molecule has 2 bridgehead atoms. The molecule has 0 aliphatic carbocycles. The minimum absolute atomic E-state index is 0.0589. The molecular weight excluding hydrogens is 548 g/mol. The summed E-state index contributed by atoms with van der Waals surface area (Å²) in [6.45, 7) is 2.27. The smallest absolute Gasteiger partial charge is 0.412 e. The fourth-order valence-corrected chi connectivity index (χ4v) is 7.91. The van der Waals surface area contributed by atoms with Crippen molar-refractivity contribution in [3.63, 3.8) is 0 Å². The van der Waals surface area contributed by atoms with Crippen LogP contribution < -0.4 is 31.3 Å². The van der Waals surface area contributed by atoms with Gasteiger partial charge in [-0.3, -0.25) is 19.8 Å². The molecule has 13 heteroatoms. The van der Waals surface area contributed by atoms with E-state index in [1.165, 1.54) is 0 Å². The van der Waals surface area contributed by atoms with E-state index >= 15 is 0 Å². The Labute approximate surface area is 244 Å². The van der Waals surface area contributed by atoms with Crippen LogP contribution in [0.15, 0.2) is 18.2 Å². The molecule has 12 nitrogen and oxygen atoms in total. The molecule has 4 aliphatic rings. The number of piperidine rings is 2. The van der Waals surface area contributed by atoms with E-state index in [2.05, 4.69) is 31.5 Å². The van der Waals surface area contributed by atoms with Gasteiger partial charge in [-0.15, -0.1) is 0 Å². The summed E-state index contributed by atoms with van der Waals surface area (Å²) in [6, 6.07) is 6.04. The molecule has 41 heavy (non-hydrogen) atoms. The van der Waals surface area contributed by atoms with Gasteiger partial charge in [0.15, 0.2) is 0 Å². The lowest BCUT2D eigenvalue weighted by molar-refractivity contribution is -0.127. The van der Waals surface area contributed by atoms with Crippen molar-refractivity contribution < 1.29 is 28.7 Å². The summed E-state index contributed by atoms with van der Waals surface area (Å²) in [5, 5.41) is 14.5. The third kappa shape index (κ3) is 7.37. The van der Waals surface area contributed by atoms with Crippen LogP contribution in [-0.4, -0.2) is 90.4 Å². The number of methoxy groups -OCH3 is 1. The van der Waals surface area contributed by atoms with Crippen molar-refractivity contribution in [2.24, 2.45) is 0 Å². The first-order chi connectivity index (χ1) is 19.8. The number of rotatable bonds is 10. The average molecular weight is 589 g/mol. The molecule has 5 rings (SSSR count). The molecule has 1 aromatic carbocycles.